The number of halogens is 5. The van der Waals surface area contributed by atoms with E-state index in [0.29, 0.717) is 6.20 Å². The van der Waals surface area contributed by atoms with Gasteiger partial charge in [-0.25, -0.2) is 9.59 Å². The Balaban J connectivity index is 3.41. The lowest BCUT2D eigenvalue weighted by Gasteiger charge is -2.32. The normalized spacial score (nSPS) is 19.1. The third-order valence-electron chi connectivity index (χ3n) is 1.96. The molecule has 0 aliphatic carbocycles. The first kappa shape index (κ1) is 14.7. The van der Waals surface area contributed by atoms with Gasteiger partial charge in [-0.2, -0.15) is 13.2 Å². The highest BCUT2D eigenvalue weighted by Gasteiger charge is 2.46. The number of rotatable bonds is 1. The highest BCUT2D eigenvalue weighted by Crippen LogP contribution is 2.41. The van der Waals surface area contributed by atoms with Crippen LogP contribution >= 0.6 is 23.2 Å². The lowest BCUT2D eigenvalue weighted by Crippen LogP contribution is -2.46. The Kier molecular flexibility index (Phi) is 3.55. The average molecular weight is 305 g/mol. The Hall–Kier alpha value is -1.41. The molecule has 1 aliphatic rings. The summed E-state index contributed by atoms with van der Waals surface area (Å²) in [7, 11) is 0. The SMILES string of the molecule is NC(=O)N1C=C(C(=O)O)C(C(F)(F)F)=CC1(Cl)Cl. The number of amides is 2. The molecule has 0 saturated heterocycles. The fourth-order valence-corrected chi connectivity index (χ4v) is 1.70. The summed E-state index contributed by atoms with van der Waals surface area (Å²) < 4.78 is 35.4. The quantitative estimate of drug-likeness (QED) is 0.574. The van der Waals surface area contributed by atoms with E-state index in [9.17, 15) is 22.8 Å². The Bertz CT molecular complexity index is 471. The van der Waals surface area contributed by atoms with E-state index in [1.54, 1.807) is 0 Å². The first-order valence-corrected chi connectivity index (χ1v) is 4.94. The second-order valence-corrected chi connectivity index (χ2v) is 4.55. The standard InChI is InChI=1S/C8H5Cl2F3N2O3/c9-7(10)1-4(8(11,12)13)3(5(16)17)2-15(7)6(14)18/h1-2H,(H2,14,18)(H,16,17). The number of primary amides is 1. The maximum atomic E-state index is 12.6. The summed E-state index contributed by atoms with van der Waals surface area (Å²) in [6.45, 7) is 0. The van der Waals surface area contributed by atoms with Gasteiger partial charge in [0.05, 0.1) is 11.1 Å². The van der Waals surface area contributed by atoms with Crippen LogP contribution in [0.25, 0.3) is 0 Å². The minimum atomic E-state index is -4.98. The van der Waals surface area contributed by atoms with Gasteiger partial charge in [0.25, 0.3) is 0 Å². The summed E-state index contributed by atoms with van der Waals surface area (Å²) in [4.78, 5) is 21.9. The van der Waals surface area contributed by atoms with Crippen LogP contribution in [-0.2, 0) is 4.79 Å². The van der Waals surface area contributed by atoms with Crippen molar-refractivity contribution in [2.45, 2.75) is 10.6 Å². The molecule has 0 aromatic rings. The maximum Gasteiger partial charge on any atom is 0.417 e. The molecule has 0 aromatic carbocycles. The number of carbonyl (C=O) groups is 2. The van der Waals surface area contributed by atoms with E-state index in [0.717, 1.165) is 0 Å². The van der Waals surface area contributed by atoms with Crippen LogP contribution in [0.1, 0.15) is 0 Å². The first-order valence-electron chi connectivity index (χ1n) is 4.19. The van der Waals surface area contributed by atoms with E-state index in [2.05, 4.69) is 0 Å². The lowest BCUT2D eigenvalue weighted by atomic mass is 10.0. The molecule has 0 radical (unpaired) electrons. The number of carbonyl (C=O) groups excluding carboxylic acids is 1. The Morgan fingerprint density at radius 3 is 2.22 bits per heavy atom. The molecule has 0 spiro atoms. The molecule has 10 heteroatoms. The van der Waals surface area contributed by atoms with Crippen LogP contribution in [0, 0.1) is 0 Å². The second-order valence-electron chi connectivity index (χ2n) is 3.20. The van der Waals surface area contributed by atoms with E-state index in [4.69, 9.17) is 34.0 Å². The van der Waals surface area contributed by atoms with Crippen LogP contribution in [0.4, 0.5) is 18.0 Å². The van der Waals surface area contributed by atoms with Crippen molar-refractivity contribution >= 4 is 35.2 Å². The molecular formula is C8H5Cl2F3N2O3. The van der Waals surface area contributed by atoms with Crippen molar-refractivity contribution in [1.82, 2.24) is 4.90 Å². The third kappa shape index (κ3) is 2.70. The Labute approximate surface area is 108 Å². The topological polar surface area (TPSA) is 83.6 Å². The van der Waals surface area contributed by atoms with Crippen LogP contribution in [0.5, 0.6) is 0 Å². The predicted molar refractivity (Wildman–Crippen MR) is 55.7 cm³/mol. The largest absolute Gasteiger partial charge is 0.478 e. The molecule has 100 valence electrons. The minimum Gasteiger partial charge on any atom is -0.478 e. The van der Waals surface area contributed by atoms with Gasteiger partial charge in [0.1, 0.15) is 0 Å². The van der Waals surface area contributed by atoms with Crippen molar-refractivity contribution in [3.8, 4) is 0 Å². The fourth-order valence-electron chi connectivity index (χ4n) is 1.22. The number of nitrogens with zero attached hydrogens (tertiary/aromatic N) is 1. The molecule has 0 bridgehead atoms. The number of hydrogen-bond donors (Lipinski definition) is 2. The Morgan fingerprint density at radius 1 is 1.39 bits per heavy atom. The van der Waals surface area contributed by atoms with Gasteiger partial charge in [0, 0.05) is 6.20 Å². The van der Waals surface area contributed by atoms with E-state index in [1.165, 1.54) is 0 Å². The van der Waals surface area contributed by atoms with Crippen LogP contribution in [0.3, 0.4) is 0 Å². The van der Waals surface area contributed by atoms with E-state index in [1.807, 2.05) is 0 Å². The number of carboxylic acids is 1. The highest BCUT2D eigenvalue weighted by molar-refractivity contribution is 6.50. The van der Waals surface area contributed by atoms with Crippen molar-refractivity contribution in [2.75, 3.05) is 0 Å². The molecule has 18 heavy (non-hydrogen) atoms. The lowest BCUT2D eigenvalue weighted by molar-refractivity contribution is -0.134. The summed E-state index contributed by atoms with van der Waals surface area (Å²) in [6.07, 6.45) is -4.44. The third-order valence-corrected chi connectivity index (χ3v) is 2.54. The first-order chi connectivity index (χ1) is 7.97. The van der Waals surface area contributed by atoms with Crippen LogP contribution < -0.4 is 5.73 Å². The van der Waals surface area contributed by atoms with Gasteiger partial charge in [-0.05, 0) is 6.08 Å². The number of urea groups is 1. The maximum absolute atomic E-state index is 12.6. The van der Waals surface area contributed by atoms with Gasteiger partial charge in [-0.3, -0.25) is 4.90 Å². The molecule has 0 unspecified atom stereocenters. The summed E-state index contributed by atoms with van der Waals surface area (Å²) in [5, 5.41) is 8.67. The van der Waals surface area contributed by atoms with Crippen molar-refractivity contribution in [2.24, 2.45) is 5.73 Å². The zero-order valence-corrected chi connectivity index (χ0v) is 9.84. The van der Waals surface area contributed by atoms with Crippen LogP contribution in [-0.4, -0.2) is 32.6 Å². The molecule has 0 saturated carbocycles. The van der Waals surface area contributed by atoms with Gasteiger partial charge in [-0.15, -0.1) is 0 Å². The number of aliphatic carboxylic acids is 1. The number of alkyl halides is 5. The van der Waals surface area contributed by atoms with Crippen molar-refractivity contribution in [3.05, 3.63) is 23.4 Å². The van der Waals surface area contributed by atoms with Gasteiger partial charge >= 0.3 is 18.2 Å². The Morgan fingerprint density at radius 2 is 1.89 bits per heavy atom. The van der Waals surface area contributed by atoms with Gasteiger partial charge in [0.15, 0.2) is 0 Å². The monoisotopic (exact) mass is 304 g/mol. The molecule has 1 rings (SSSR count). The molecule has 1 aliphatic heterocycles. The van der Waals surface area contributed by atoms with Crippen molar-refractivity contribution < 1.29 is 27.9 Å². The zero-order valence-electron chi connectivity index (χ0n) is 8.33. The zero-order chi connectivity index (χ0) is 14.3. The summed E-state index contributed by atoms with van der Waals surface area (Å²) in [5.74, 6) is -1.89. The highest BCUT2D eigenvalue weighted by atomic mass is 35.5. The molecule has 2 amide bonds. The molecule has 3 N–H and O–H groups in total. The van der Waals surface area contributed by atoms with Crippen molar-refractivity contribution in [3.63, 3.8) is 0 Å². The summed E-state index contributed by atoms with van der Waals surface area (Å²) in [5.41, 5.74) is 2.09. The smallest absolute Gasteiger partial charge is 0.417 e. The van der Waals surface area contributed by atoms with Gasteiger partial charge < -0.3 is 10.8 Å². The predicted octanol–water partition coefficient (Wildman–Crippen LogP) is 1.97. The number of hydrogen-bond acceptors (Lipinski definition) is 2. The van der Waals surface area contributed by atoms with Crippen LogP contribution in [0.2, 0.25) is 0 Å². The number of nitrogens with two attached hydrogens (primary N) is 1. The molecule has 0 fully saturated rings. The second kappa shape index (κ2) is 4.36. The minimum absolute atomic E-state index is 0.199. The molecule has 1 heterocycles. The van der Waals surface area contributed by atoms with Gasteiger partial charge in [0.2, 0.25) is 4.46 Å². The summed E-state index contributed by atoms with van der Waals surface area (Å²) >= 11 is 11.0. The molecule has 0 aromatic heterocycles. The average Bonchev–Trinajstić information content (AvgIpc) is 2.13. The summed E-state index contributed by atoms with van der Waals surface area (Å²) in [6, 6.07) is -1.30. The van der Waals surface area contributed by atoms with E-state index < -0.39 is 33.8 Å². The molecule has 5 nitrogen and oxygen atoms in total. The van der Waals surface area contributed by atoms with E-state index in [-0.39, 0.29) is 11.0 Å². The number of carboxylic acid groups (broad SMARTS) is 1. The van der Waals surface area contributed by atoms with E-state index >= 15 is 0 Å². The van der Waals surface area contributed by atoms with Crippen LogP contribution in [0.15, 0.2) is 23.4 Å². The molecular weight excluding hydrogens is 300 g/mol. The fraction of sp³-hybridized carbons (Fsp3) is 0.250. The van der Waals surface area contributed by atoms with Crippen molar-refractivity contribution in [1.29, 1.82) is 0 Å². The molecule has 0 atom stereocenters. The van der Waals surface area contributed by atoms with Gasteiger partial charge in [-0.1, -0.05) is 23.2 Å².